The van der Waals surface area contributed by atoms with Crippen molar-refractivity contribution in [2.24, 2.45) is 21.5 Å². The fourth-order valence-electron chi connectivity index (χ4n) is 4.40. The van der Waals surface area contributed by atoms with E-state index in [1.54, 1.807) is 48.5 Å². The second kappa shape index (κ2) is 8.53. The zero-order valence-electron chi connectivity index (χ0n) is 19.6. The summed E-state index contributed by atoms with van der Waals surface area (Å²) in [6, 6.07) is 29.2. The van der Waals surface area contributed by atoms with Crippen LogP contribution in [-0.2, 0) is 11.3 Å². The molecule has 0 aliphatic carbocycles. The van der Waals surface area contributed by atoms with Gasteiger partial charge in [0.1, 0.15) is 5.54 Å². The Labute approximate surface area is 209 Å². The summed E-state index contributed by atoms with van der Waals surface area (Å²) in [5, 5.41) is 0. The number of hydrogen-bond acceptors (Lipinski definition) is 8. The maximum Gasteiger partial charge on any atom is 0.229 e. The largest absolute Gasteiger partial charge is 0.399 e. The van der Waals surface area contributed by atoms with Crippen molar-refractivity contribution in [2.45, 2.75) is 11.3 Å². The molecule has 36 heavy (non-hydrogen) atoms. The summed E-state index contributed by atoms with van der Waals surface area (Å²) in [6.07, 6.45) is 0. The molecule has 0 radical (unpaired) electrons. The Morgan fingerprint density at radius 1 is 0.417 bits per heavy atom. The number of aliphatic imine (C=N–C) groups is 2. The van der Waals surface area contributed by atoms with E-state index in [0.717, 1.165) is 16.7 Å². The first kappa shape index (κ1) is 23.1. The van der Waals surface area contributed by atoms with Gasteiger partial charge in [0.05, 0.1) is 11.4 Å². The van der Waals surface area contributed by atoms with Crippen LogP contribution in [0.2, 0.25) is 0 Å². The molecule has 1 heterocycles. The molecular weight excluding hydrogens is 448 g/mol. The van der Waals surface area contributed by atoms with Crippen LogP contribution < -0.4 is 34.4 Å². The van der Waals surface area contributed by atoms with Gasteiger partial charge >= 0.3 is 0 Å². The summed E-state index contributed by atoms with van der Waals surface area (Å²) in [4.78, 5) is 10.0. The van der Waals surface area contributed by atoms with Gasteiger partial charge in [0.2, 0.25) is 5.79 Å². The summed E-state index contributed by atoms with van der Waals surface area (Å²) < 4.78 is 0. The van der Waals surface area contributed by atoms with Gasteiger partial charge < -0.3 is 28.7 Å². The molecule has 12 N–H and O–H groups in total. The van der Waals surface area contributed by atoms with Crippen molar-refractivity contribution in [3.05, 3.63) is 119 Å². The highest BCUT2D eigenvalue weighted by Gasteiger charge is 2.47. The third-order valence-corrected chi connectivity index (χ3v) is 6.38. The van der Waals surface area contributed by atoms with Gasteiger partial charge in [-0.05, 0) is 65.2 Å². The van der Waals surface area contributed by atoms with E-state index >= 15 is 0 Å². The molecule has 0 atom stereocenters. The molecule has 0 aromatic heterocycles. The average Bonchev–Trinajstić information content (AvgIpc) is 2.87. The lowest BCUT2D eigenvalue weighted by molar-refractivity contribution is 0.476. The topological polar surface area (TPSA) is 181 Å². The van der Waals surface area contributed by atoms with E-state index < -0.39 is 11.3 Å². The van der Waals surface area contributed by atoms with Gasteiger partial charge in [0.25, 0.3) is 0 Å². The number of hydrogen-bond donors (Lipinski definition) is 6. The van der Waals surface area contributed by atoms with Gasteiger partial charge in [-0.1, -0.05) is 48.5 Å². The third kappa shape index (κ3) is 3.94. The van der Waals surface area contributed by atoms with Crippen molar-refractivity contribution >= 4 is 34.2 Å². The quantitative estimate of drug-likeness (QED) is 0.246. The first-order valence-corrected chi connectivity index (χ1v) is 11.4. The number of nitrogen functional groups attached to an aromatic ring is 4. The maximum atomic E-state index is 7.34. The first-order valence-electron chi connectivity index (χ1n) is 11.4. The molecular formula is C28H28N8. The molecule has 0 spiro atoms. The number of nitrogens with zero attached hydrogens (tertiary/aromatic N) is 2. The van der Waals surface area contributed by atoms with Crippen LogP contribution >= 0.6 is 0 Å². The predicted octanol–water partition coefficient (Wildman–Crippen LogP) is 2.93. The van der Waals surface area contributed by atoms with Crippen LogP contribution in [0.3, 0.4) is 0 Å². The van der Waals surface area contributed by atoms with Crippen LogP contribution in [0, 0.1) is 0 Å². The minimum absolute atomic E-state index is 0.536. The Morgan fingerprint density at radius 3 is 1.08 bits per heavy atom. The van der Waals surface area contributed by atoms with Crippen molar-refractivity contribution in [2.75, 3.05) is 22.9 Å². The van der Waals surface area contributed by atoms with Crippen LogP contribution in [0.15, 0.2) is 107 Å². The summed E-state index contributed by atoms with van der Waals surface area (Å²) >= 11 is 0. The van der Waals surface area contributed by atoms with E-state index in [2.05, 4.69) is 0 Å². The van der Waals surface area contributed by atoms with Crippen molar-refractivity contribution in [1.29, 1.82) is 0 Å². The average molecular weight is 477 g/mol. The third-order valence-electron chi connectivity index (χ3n) is 6.38. The van der Waals surface area contributed by atoms with Crippen LogP contribution in [-0.4, -0.2) is 11.4 Å². The molecule has 180 valence electrons. The van der Waals surface area contributed by atoms with Gasteiger partial charge in [-0.15, -0.1) is 0 Å². The van der Waals surface area contributed by atoms with Crippen LogP contribution in [0.5, 0.6) is 0 Å². The highest BCUT2D eigenvalue weighted by Crippen LogP contribution is 2.38. The van der Waals surface area contributed by atoms with Gasteiger partial charge in [0, 0.05) is 28.3 Å². The van der Waals surface area contributed by atoms with E-state index in [9.17, 15) is 0 Å². The van der Waals surface area contributed by atoms with Crippen LogP contribution in [0.1, 0.15) is 22.3 Å². The van der Waals surface area contributed by atoms with E-state index in [-0.39, 0.29) is 0 Å². The predicted molar refractivity (Wildman–Crippen MR) is 148 cm³/mol. The minimum Gasteiger partial charge on any atom is -0.399 e. The molecule has 0 saturated heterocycles. The molecule has 0 fully saturated rings. The van der Waals surface area contributed by atoms with Gasteiger partial charge in [0.15, 0.2) is 0 Å². The summed E-state index contributed by atoms with van der Waals surface area (Å²) in [6.45, 7) is 0. The lowest BCUT2D eigenvalue weighted by Crippen LogP contribution is -2.58. The van der Waals surface area contributed by atoms with E-state index in [1.165, 1.54) is 0 Å². The SMILES string of the molecule is Nc1ccc(C2=NC(N)(c3ccc(N)cc3)N=C(c3ccc(N)cc3)C2(N)c2ccc(N)cc2)cc1. The summed E-state index contributed by atoms with van der Waals surface area (Å²) in [7, 11) is 0. The second-order valence-electron chi connectivity index (χ2n) is 8.94. The zero-order chi connectivity index (χ0) is 25.5. The van der Waals surface area contributed by atoms with E-state index in [4.69, 9.17) is 44.4 Å². The monoisotopic (exact) mass is 476 g/mol. The Kier molecular flexibility index (Phi) is 5.47. The molecule has 8 heteroatoms. The first-order chi connectivity index (χ1) is 17.2. The standard InChI is InChI=1S/C28H28N8/c29-21-9-1-17(2-10-21)25-27(33,19-5-13-23(31)14-6-19)26(18-3-11-22(30)12-4-18)36-28(34,35-25)20-7-15-24(32)16-8-20/h1-16H,29-34H2. The number of nitrogens with two attached hydrogens (primary N) is 6. The van der Waals surface area contributed by atoms with Gasteiger partial charge in [-0.2, -0.15) is 0 Å². The Bertz CT molecular complexity index is 1390. The lowest BCUT2D eigenvalue weighted by atomic mass is 9.75. The van der Waals surface area contributed by atoms with E-state index in [1.807, 2.05) is 48.5 Å². The Hall–Kier alpha value is -4.66. The molecule has 8 nitrogen and oxygen atoms in total. The second-order valence-corrected chi connectivity index (χ2v) is 8.94. The van der Waals surface area contributed by atoms with Gasteiger partial charge in [-0.3, -0.25) is 5.73 Å². The van der Waals surface area contributed by atoms with Crippen LogP contribution in [0.4, 0.5) is 22.7 Å². The van der Waals surface area contributed by atoms with E-state index in [0.29, 0.717) is 39.7 Å². The molecule has 1 aliphatic heterocycles. The summed E-state index contributed by atoms with van der Waals surface area (Å²) in [5.41, 5.74) is 43.4. The Balaban J connectivity index is 1.84. The van der Waals surface area contributed by atoms with Crippen molar-refractivity contribution in [3.8, 4) is 0 Å². The summed E-state index contributed by atoms with van der Waals surface area (Å²) in [5.74, 6) is -1.46. The van der Waals surface area contributed by atoms with Crippen molar-refractivity contribution < 1.29 is 0 Å². The van der Waals surface area contributed by atoms with Crippen molar-refractivity contribution in [3.63, 3.8) is 0 Å². The fraction of sp³-hybridized carbons (Fsp3) is 0.0714. The molecule has 5 rings (SSSR count). The number of benzene rings is 4. The Morgan fingerprint density at radius 2 is 0.722 bits per heavy atom. The lowest BCUT2D eigenvalue weighted by Gasteiger charge is -2.41. The van der Waals surface area contributed by atoms with Crippen molar-refractivity contribution in [1.82, 2.24) is 0 Å². The normalized spacial score (nSPS) is 21.5. The molecule has 4 aromatic carbocycles. The van der Waals surface area contributed by atoms with Gasteiger partial charge in [-0.25, -0.2) is 9.98 Å². The molecule has 1 aliphatic rings. The highest BCUT2D eigenvalue weighted by atomic mass is 15.2. The molecule has 0 bridgehead atoms. The number of rotatable bonds is 4. The molecule has 4 aromatic rings. The maximum absolute atomic E-state index is 7.34. The molecule has 0 saturated carbocycles. The smallest absolute Gasteiger partial charge is 0.229 e. The number of anilines is 4. The fourth-order valence-corrected chi connectivity index (χ4v) is 4.40. The minimum atomic E-state index is -1.46. The molecule has 0 unspecified atom stereocenters. The molecule has 0 amide bonds. The highest BCUT2D eigenvalue weighted by molar-refractivity contribution is 6.28. The van der Waals surface area contributed by atoms with Crippen LogP contribution in [0.25, 0.3) is 0 Å². The zero-order valence-corrected chi connectivity index (χ0v) is 19.6.